The molecule has 2 N–H and O–H groups in total. The lowest BCUT2D eigenvalue weighted by atomic mass is 10.1. The number of amides is 1. The molecular formula is C29H35N2O6P. The zero-order valence-electron chi connectivity index (χ0n) is 22.0. The third-order valence-electron chi connectivity index (χ3n) is 5.10. The Labute approximate surface area is 225 Å². The molecule has 3 aromatic rings. The van der Waals surface area contributed by atoms with Gasteiger partial charge in [0.2, 0.25) is 0 Å². The summed E-state index contributed by atoms with van der Waals surface area (Å²) in [4.78, 5) is 27.2. The van der Waals surface area contributed by atoms with Crippen molar-refractivity contribution in [2.75, 3.05) is 25.4 Å². The molecule has 0 fully saturated rings. The van der Waals surface area contributed by atoms with E-state index in [-0.39, 0.29) is 25.6 Å². The van der Waals surface area contributed by atoms with E-state index in [0.717, 1.165) is 11.1 Å². The van der Waals surface area contributed by atoms with Crippen molar-refractivity contribution < 1.29 is 27.9 Å². The molecule has 8 nitrogen and oxygen atoms in total. The molecule has 0 bridgehead atoms. The number of hydrogen-bond acceptors (Lipinski definition) is 7. The molecule has 0 aliphatic rings. The molecule has 0 radical (unpaired) electrons. The number of carbonyl (C=O) groups is 2. The zero-order valence-corrected chi connectivity index (χ0v) is 22.9. The van der Waals surface area contributed by atoms with Crippen LogP contribution in [0, 0.1) is 0 Å². The molecule has 0 atom stereocenters. The Hall–Kier alpha value is -3.29. The van der Waals surface area contributed by atoms with E-state index in [9.17, 15) is 9.59 Å². The van der Waals surface area contributed by atoms with Crippen LogP contribution < -0.4 is 5.73 Å². The minimum absolute atomic E-state index is 0.0960. The predicted octanol–water partition coefficient (Wildman–Crippen LogP) is 5.73. The molecule has 1 amide bonds. The highest BCUT2D eigenvalue weighted by Crippen LogP contribution is 2.41. The number of carbonyl (C=O) groups excluding carboxylic acids is 2. The van der Waals surface area contributed by atoms with Crippen molar-refractivity contribution in [3.05, 3.63) is 102 Å². The van der Waals surface area contributed by atoms with Gasteiger partial charge in [0.1, 0.15) is 12.1 Å². The van der Waals surface area contributed by atoms with Crippen molar-refractivity contribution in [2.45, 2.75) is 39.6 Å². The Morgan fingerprint density at radius 3 is 1.82 bits per heavy atom. The lowest BCUT2D eigenvalue weighted by Gasteiger charge is -2.26. The van der Waals surface area contributed by atoms with Crippen molar-refractivity contribution in [1.29, 1.82) is 0 Å². The summed E-state index contributed by atoms with van der Waals surface area (Å²) in [5.41, 5.74) is 8.01. The van der Waals surface area contributed by atoms with Crippen LogP contribution in [0.5, 0.6) is 0 Å². The van der Waals surface area contributed by atoms with Gasteiger partial charge in [0.05, 0.1) is 19.8 Å². The molecule has 38 heavy (non-hydrogen) atoms. The molecule has 0 saturated heterocycles. The average Bonchev–Trinajstić information content (AvgIpc) is 2.89. The summed E-state index contributed by atoms with van der Waals surface area (Å²) in [5.74, 6) is -0.844. The molecule has 9 heteroatoms. The highest BCUT2D eigenvalue weighted by Gasteiger charge is 2.24. The van der Waals surface area contributed by atoms with E-state index in [1.54, 1.807) is 45.0 Å². The van der Waals surface area contributed by atoms with Crippen LogP contribution in [0.25, 0.3) is 0 Å². The first-order valence-corrected chi connectivity index (χ1v) is 13.4. The van der Waals surface area contributed by atoms with Crippen LogP contribution >= 0.6 is 8.60 Å². The van der Waals surface area contributed by atoms with E-state index >= 15 is 0 Å². The summed E-state index contributed by atoms with van der Waals surface area (Å²) in [6.45, 7) is 5.96. The lowest BCUT2D eigenvalue weighted by Crippen LogP contribution is -2.40. The molecular weight excluding hydrogens is 503 g/mol. The fraction of sp³-hybridized carbons (Fsp3) is 0.310. The Bertz CT molecular complexity index is 1090. The first-order valence-electron chi connectivity index (χ1n) is 12.3. The average molecular weight is 539 g/mol. The van der Waals surface area contributed by atoms with Crippen molar-refractivity contribution in [1.82, 2.24) is 4.90 Å². The van der Waals surface area contributed by atoms with Crippen molar-refractivity contribution in [3.63, 3.8) is 0 Å². The molecule has 3 aromatic carbocycles. The maximum atomic E-state index is 13.2. The normalized spacial score (nSPS) is 11.4. The number of benzene rings is 3. The highest BCUT2D eigenvalue weighted by molar-refractivity contribution is 7.41. The van der Waals surface area contributed by atoms with Crippen molar-refractivity contribution in [2.24, 2.45) is 0 Å². The van der Waals surface area contributed by atoms with Crippen LogP contribution in [0.1, 0.15) is 42.3 Å². The molecule has 3 rings (SSSR count). The second-order valence-electron chi connectivity index (χ2n) is 9.51. The summed E-state index contributed by atoms with van der Waals surface area (Å²) < 4.78 is 23.3. The van der Waals surface area contributed by atoms with Crippen LogP contribution in [0.2, 0.25) is 0 Å². The van der Waals surface area contributed by atoms with Gasteiger partial charge in [-0.05, 0) is 56.2 Å². The fourth-order valence-corrected chi connectivity index (χ4v) is 4.29. The number of anilines is 1. The summed E-state index contributed by atoms with van der Waals surface area (Å²) in [5, 5.41) is 0. The number of nitrogen functional groups attached to an aromatic ring is 1. The van der Waals surface area contributed by atoms with Crippen molar-refractivity contribution >= 4 is 26.2 Å². The van der Waals surface area contributed by atoms with Gasteiger partial charge in [0.15, 0.2) is 0 Å². The van der Waals surface area contributed by atoms with Gasteiger partial charge >= 0.3 is 14.6 Å². The predicted molar refractivity (Wildman–Crippen MR) is 148 cm³/mol. The number of nitrogens with zero attached hydrogens (tertiary/aromatic N) is 1. The first-order chi connectivity index (χ1) is 18.2. The van der Waals surface area contributed by atoms with Crippen molar-refractivity contribution in [3.8, 4) is 0 Å². The van der Waals surface area contributed by atoms with Crippen LogP contribution in [0.15, 0.2) is 84.9 Å². The van der Waals surface area contributed by atoms with E-state index in [4.69, 9.17) is 24.0 Å². The Morgan fingerprint density at radius 1 is 0.789 bits per heavy atom. The lowest BCUT2D eigenvalue weighted by molar-refractivity contribution is -0.155. The van der Waals surface area contributed by atoms with Crippen LogP contribution in [0.3, 0.4) is 0 Å². The molecule has 0 aliphatic heterocycles. The van der Waals surface area contributed by atoms with Gasteiger partial charge in [-0.25, -0.2) is 0 Å². The third kappa shape index (κ3) is 10.6. The summed E-state index contributed by atoms with van der Waals surface area (Å²) in [7, 11) is -1.73. The number of nitrogens with two attached hydrogens (primary N) is 1. The van der Waals surface area contributed by atoms with E-state index in [2.05, 4.69) is 0 Å². The largest absolute Gasteiger partial charge is 0.459 e. The summed E-state index contributed by atoms with van der Waals surface area (Å²) >= 11 is 0. The highest BCUT2D eigenvalue weighted by atomic mass is 31.2. The molecule has 0 heterocycles. The van der Waals surface area contributed by atoms with E-state index in [1.807, 2.05) is 60.7 Å². The second kappa shape index (κ2) is 14.6. The van der Waals surface area contributed by atoms with Gasteiger partial charge in [0.25, 0.3) is 5.91 Å². The first kappa shape index (κ1) is 29.3. The Balaban J connectivity index is 1.65. The van der Waals surface area contributed by atoms with Gasteiger partial charge in [-0.2, -0.15) is 0 Å². The smallest absolute Gasteiger partial charge is 0.333 e. The van der Waals surface area contributed by atoms with Crippen LogP contribution in [-0.2, 0) is 36.3 Å². The molecule has 0 aromatic heterocycles. The molecule has 0 spiro atoms. The Kier molecular flexibility index (Phi) is 11.2. The fourth-order valence-electron chi connectivity index (χ4n) is 3.33. The summed E-state index contributed by atoms with van der Waals surface area (Å²) in [6, 6.07) is 26.0. The van der Waals surface area contributed by atoms with Crippen LogP contribution in [-0.4, -0.2) is 42.1 Å². The number of esters is 1. The van der Waals surface area contributed by atoms with Gasteiger partial charge < -0.3 is 28.9 Å². The summed E-state index contributed by atoms with van der Waals surface area (Å²) in [6.07, 6.45) is 0. The topological polar surface area (TPSA) is 100 Å². The van der Waals surface area contributed by atoms with Gasteiger partial charge in [-0.1, -0.05) is 60.7 Å². The Morgan fingerprint density at radius 2 is 1.32 bits per heavy atom. The quantitative estimate of drug-likeness (QED) is 0.169. The maximum absolute atomic E-state index is 13.2. The number of ether oxygens (including phenoxy) is 1. The van der Waals surface area contributed by atoms with Gasteiger partial charge in [0, 0.05) is 17.8 Å². The number of rotatable bonds is 13. The SMILES string of the molecule is CC(C)(C)OC(=O)CN(CCOP(OCc1ccccc1)OCc1ccccc1)C(=O)c1ccc(N)cc1. The van der Waals surface area contributed by atoms with E-state index < -0.39 is 20.2 Å². The third-order valence-corrected chi connectivity index (χ3v) is 6.17. The van der Waals surface area contributed by atoms with E-state index in [0.29, 0.717) is 24.5 Å². The minimum Gasteiger partial charge on any atom is -0.459 e. The van der Waals surface area contributed by atoms with Gasteiger partial charge in [-0.15, -0.1) is 0 Å². The van der Waals surface area contributed by atoms with E-state index in [1.165, 1.54) is 4.90 Å². The second-order valence-corrected chi connectivity index (χ2v) is 10.7. The molecule has 202 valence electrons. The monoisotopic (exact) mass is 538 g/mol. The molecule has 0 unspecified atom stereocenters. The zero-order chi connectivity index (χ0) is 27.4. The maximum Gasteiger partial charge on any atom is 0.333 e. The van der Waals surface area contributed by atoms with Gasteiger partial charge in [-0.3, -0.25) is 9.59 Å². The van der Waals surface area contributed by atoms with Crippen LogP contribution in [0.4, 0.5) is 5.69 Å². The minimum atomic E-state index is -1.73. The number of hydrogen-bond donors (Lipinski definition) is 1. The molecule has 0 aliphatic carbocycles. The standard InChI is InChI=1S/C29H35N2O6P/c1-29(2,3)37-27(32)20-31(28(33)25-14-16-26(30)17-15-25)18-19-34-38(35-21-23-10-6-4-7-11-23)36-22-24-12-8-5-9-13-24/h4-17H,18-22,30H2,1-3H3. The molecule has 0 saturated carbocycles.